The maximum absolute atomic E-state index is 5.49. The molecule has 0 atom stereocenters. The van der Waals surface area contributed by atoms with E-state index in [4.69, 9.17) is 9.97 Å². The van der Waals surface area contributed by atoms with Gasteiger partial charge in [-0.15, -0.1) is 0 Å². The van der Waals surface area contributed by atoms with E-state index in [1.54, 1.807) is 6.20 Å². The second-order valence-electron chi connectivity index (χ2n) is 12.0. The first-order valence-corrected chi connectivity index (χ1v) is 16.2. The molecule has 48 heavy (non-hydrogen) atoms. The molecule has 3 heteroatoms. The average molecular weight is 612 g/mol. The number of hydrogen-bond donors (Lipinski definition) is 0. The van der Waals surface area contributed by atoms with E-state index in [2.05, 4.69) is 138 Å². The molecule has 0 bridgehead atoms. The Morgan fingerprint density at radius 1 is 0.354 bits per heavy atom. The molecule has 0 spiro atoms. The first-order valence-electron chi connectivity index (χ1n) is 16.2. The molecule has 0 aliphatic carbocycles. The summed E-state index contributed by atoms with van der Waals surface area (Å²) in [5, 5.41) is 5.96. The van der Waals surface area contributed by atoms with Gasteiger partial charge in [-0.05, 0) is 57.8 Å². The summed E-state index contributed by atoms with van der Waals surface area (Å²) in [4.78, 5) is 14.9. The zero-order chi connectivity index (χ0) is 31.9. The van der Waals surface area contributed by atoms with Crippen molar-refractivity contribution in [2.45, 2.75) is 0 Å². The van der Waals surface area contributed by atoms with E-state index in [1.807, 2.05) is 36.4 Å². The lowest BCUT2D eigenvalue weighted by Gasteiger charge is -2.16. The van der Waals surface area contributed by atoms with Crippen LogP contribution in [0.2, 0.25) is 0 Å². The van der Waals surface area contributed by atoms with E-state index < -0.39 is 0 Å². The molecule has 9 aromatic rings. The number of pyridine rings is 3. The molecule has 0 amide bonds. The average Bonchev–Trinajstić information content (AvgIpc) is 3.18. The van der Waals surface area contributed by atoms with Gasteiger partial charge in [0.05, 0.1) is 28.3 Å². The molecular weight excluding hydrogens is 583 g/mol. The standard InChI is InChI=1S/C45H29N3/c1-2-11-30(12-3-1)34-14-8-15-35(29-34)37-17-9-18-38-43-36-16-5-4-13-31(36)26-27-39(43)44(48-45(37)38)33-24-22-32(23-25-33)40-20-10-21-42(47-40)41-19-6-7-28-46-41/h1-29H. The maximum atomic E-state index is 5.49. The SMILES string of the molecule is c1ccc(-c2cccc(-c3cccc4c3nc(-c3ccc(-c5cccc(-c6ccccn6)n5)cc3)c3ccc5ccccc5c34)c2)cc1. The van der Waals surface area contributed by atoms with Crippen LogP contribution in [0.15, 0.2) is 176 Å². The number of nitrogens with zero attached hydrogens (tertiary/aromatic N) is 3. The van der Waals surface area contributed by atoms with E-state index in [1.165, 1.54) is 27.3 Å². The van der Waals surface area contributed by atoms with Crippen LogP contribution in [0, 0.1) is 0 Å². The molecule has 0 saturated carbocycles. The van der Waals surface area contributed by atoms with Crippen LogP contribution in [-0.4, -0.2) is 15.0 Å². The molecule has 0 N–H and O–H groups in total. The minimum Gasteiger partial charge on any atom is -0.255 e. The molecule has 0 unspecified atom stereocenters. The summed E-state index contributed by atoms with van der Waals surface area (Å²) < 4.78 is 0. The van der Waals surface area contributed by atoms with Crippen LogP contribution in [0.25, 0.3) is 88.6 Å². The van der Waals surface area contributed by atoms with Crippen molar-refractivity contribution in [1.29, 1.82) is 0 Å². The third-order valence-electron chi connectivity index (χ3n) is 9.12. The lowest BCUT2D eigenvalue weighted by molar-refractivity contribution is 1.25. The predicted octanol–water partition coefficient (Wildman–Crippen LogP) is 11.7. The van der Waals surface area contributed by atoms with E-state index >= 15 is 0 Å². The molecule has 3 heterocycles. The molecule has 0 saturated heterocycles. The molecule has 0 aliphatic heterocycles. The topological polar surface area (TPSA) is 38.7 Å². The van der Waals surface area contributed by atoms with E-state index in [0.29, 0.717) is 0 Å². The summed E-state index contributed by atoms with van der Waals surface area (Å²) in [6.45, 7) is 0. The fourth-order valence-electron chi connectivity index (χ4n) is 6.80. The van der Waals surface area contributed by atoms with Gasteiger partial charge in [-0.2, -0.15) is 0 Å². The molecule has 0 radical (unpaired) electrons. The molecule has 3 nitrogen and oxygen atoms in total. The normalized spacial score (nSPS) is 11.3. The highest BCUT2D eigenvalue weighted by Gasteiger charge is 2.17. The number of rotatable bonds is 5. The van der Waals surface area contributed by atoms with Gasteiger partial charge in [0.1, 0.15) is 0 Å². The molecule has 6 aromatic carbocycles. The Hall–Kier alpha value is -6.45. The van der Waals surface area contributed by atoms with Crippen LogP contribution in [0.4, 0.5) is 0 Å². The van der Waals surface area contributed by atoms with Gasteiger partial charge >= 0.3 is 0 Å². The van der Waals surface area contributed by atoms with E-state index in [-0.39, 0.29) is 0 Å². The van der Waals surface area contributed by atoms with Crippen LogP contribution in [-0.2, 0) is 0 Å². The Labute approximate surface area is 278 Å². The van der Waals surface area contributed by atoms with Crippen LogP contribution in [0.5, 0.6) is 0 Å². The zero-order valence-electron chi connectivity index (χ0n) is 26.1. The van der Waals surface area contributed by atoms with Gasteiger partial charge in [0.25, 0.3) is 0 Å². The molecule has 9 rings (SSSR count). The van der Waals surface area contributed by atoms with Crippen LogP contribution < -0.4 is 0 Å². The Kier molecular flexibility index (Phi) is 6.80. The van der Waals surface area contributed by atoms with Crippen molar-refractivity contribution in [2.75, 3.05) is 0 Å². The Morgan fingerprint density at radius 3 is 1.92 bits per heavy atom. The summed E-state index contributed by atoms with van der Waals surface area (Å²) >= 11 is 0. The van der Waals surface area contributed by atoms with Gasteiger partial charge in [0.2, 0.25) is 0 Å². The fourth-order valence-corrected chi connectivity index (χ4v) is 6.80. The van der Waals surface area contributed by atoms with Crippen LogP contribution in [0.1, 0.15) is 0 Å². The third-order valence-corrected chi connectivity index (χ3v) is 9.12. The molecule has 0 aliphatic rings. The first kappa shape index (κ1) is 27.8. The van der Waals surface area contributed by atoms with Crippen molar-refractivity contribution in [2.24, 2.45) is 0 Å². The van der Waals surface area contributed by atoms with Crippen molar-refractivity contribution in [3.05, 3.63) is 176 Å². The summed E-state index contributed by atoms with van der Waals surface area (Å²) in [6, 6.07) is 59.6. The van der Waals surface area contributed by atoms with E-state index in [9.17, 15) is 0 Å². The van der Waals surface area contributed by atoms with Crippen molar-refractivity contribution in [1.82, 2.24) is 15.0 Å². The monoisotopic (exact) mass is 611 g/mol. The van der Waals surface area contributed by atoms with Crippen molar-refractivity contribution in [3.8, 4) is 56.2 Å². The quantitative estimate of drug-likeness (QED) is 0.182. The van der Waals surface area contributed by atoms with Gasteiger partial charge in [-0.3, -0.25) is 4.98 Å². The number of benzene rings is 6. The second-order valence-corrected chi connectivity index (χ2v) is 12.0. The lowest BCUT2D eigenvalue weighted by atomic mass is 9.92. The second kappa shape index (κ2) is 11.7. The first-order chi connectivity index (χ1) is 23.8. The molecule has 0 fully saturated rings. The number of aromatic nitrogens is 3. The highest BCUT2D eigenvalue weighted by Crippen LogP contribution is 2.40. The van der Waals surface area contributed by atoms with E-state index in [0.717, 1.165) is 61.3 Å². The maximum Gasteiger partial charge on any atom is 0.0893 e. The van der Waals surface area contributed by atoms with Crippen molar-refractivity contribution >= 4 is 32.4 Å². The van der Waals surface area contributed by atoms with Crippen molar-refractivity contribution < 1.29 is 0 Å². The molecular formula is C45H29N3. The van der Waals surface area contributed by atoms with Crippen LogP contribution >= 0.6 is 0 Å². The van der Waals surface area contributed by atoms with Crippen molar-refractivity contribution in [3.63, 3.8) is 0 Å². The zero-order valence-corrected chi connectivity index (χ0v) is 26.1. The fraction of sp³-hybridized carbons (Fsp3) is 0. The summed E-state index contributed by atoms with van der Waals surface area (Å²) in [5.41, 5.74) is 11.4. The van der Waals surface area contributed by atoms with Crippen LogP contribution in [0.3, 0.4) is 0 Å². The number of fused-ring (bicyclic) bond motifs is 5. The van der Waals surface area contributed by atoms with Gasteiger partial charge in [0.15, 0.2) is 0 Å². The van der Waals surface area contributed by atoms with Gasteiger partial charge in [-0.1, -0.05) is 140 Å². The number of hydrogen-bond acceptors (Lipinski definition) is 3. The Morgan fingerprint density at radius 2 is 1.04 bits per heavy atom. The summed E-state index contributed by atoms with van der Waals surface area (Å²) in [7, 11) is 0. The summed E-state index contributed by atoms with van der Waals surface area (Å²) in [5.74, 6) is 0. The van der Waals surface area contributed by atoms with Gasteiger partial charge in [0, 0.05) is 39.0 Å². The Bertz CT molecular complexity index is 2590. The predicted molar refractivity (Wildman–Crippen MR) is 200 cm³/mol. The Balaban J connectivity index is 1.23. The molecule has 3 aromatic heterocycles. The largest absolute Gasteiger partial charge is 0.255 e. The molecule has 224 valence electrons. The summed E-state index contributed by atoms with van der Waals surface area (Å²) in [6.07, 6.45) is 1.80. The third kappa shape index (κ3) is 4.90. The number of para-hydroxylation sites is 1. The highest BCUT2D eigenvalue weighted by molar-refractivity contribution is 6.24. The minimum atomic E-state index is 0.857. The highest BCUT2D eigenvalue weighted by atomic mass is 14.8. The van der Waals surface area contributed by atoms with Gasteiger partial charge < -0.3 is 0 Å². The lowest BCUT2D eigenvalue weighted by Crippen LogP contribution is -1.94. The van der Waals surface area contributed by atoms with Gasteiger partial charge in [-0.25, -0.2) is 9.97 Å². The minimum absolute atomic E-state index is 0.857. The smallest absolute Gasteiger partial charge is 0.0893 e.